The summed E-state index contributed by atoms with van der Waals surface area (Å²) in [6.45, 7) is 9.25. The summed E-state index contributed by atoms with van der Waals surface area (Å²) in [5, 5.41) is 8.62. The molecule has 0 amide bonds. The van der Waals surface area contributed by atoms with Crippen molar-refractivity contribution in [2.75, 3.05) is 19.6 Å². The monoisotopic (exact) mass is 249 g/mol. The lowest BCUT2D eigenvalue weighted by molar-refractivity contribution is -0.138. The van der Waals surface area contributed by atoms with E-state index in [2.05, 4.69) is 36.4 Å². The molecule has 0 radical (unpaired) electrons. The first-order valence-corrected chi connectivity index (χ1v) is 4.98. The molecule has 0 aromatic carbocycles. The van der Waals surface area contributed by atoms with Crippen molar-refractivity contribution in [3.8, 4) is 0 Å². The van der Waals surface area contributed by atoms with Crippen molar-refractivity contribution in [2.24, 2.45) is 5.92 Å². The minimum atomic E-state index is -0.797. The third-order valence-corrected chi connectivity index (χ3v) is 1.63. The van der Waals surface area contributed by atoms with Crippen molar-refractivity contribution in [1.29, 1.82) is 0 Å². The number of hydrogen-bond acceptors (Lipinski definition) is 2. The molecule has 0 aliphatic heterocycles. The quantitative estimate of drug-likeness (QED) is 0.783. The first-order chi connectivity index (χ1) is 5.91. The van der Waals surface area contributed by atoms with Crippen LogP contribution in [0.5, 0.6) is 0 Å². The Bertz CT molecular complexity index is 176. The Balaban J connectivity index is 4.02. The van der Waals surface area contributed by atoms with Gasteiger partial charge in [-0.3, -0.25) is 9.69 Å². The van der Waals surface area contributed by atoms with Crippen LogP contribution in [-0.2, 0) is 4.79 Å². The van der Waals surface area contributed by atoms with E-state index in [-0.39, 0.29) is 6.54 Å². The van der Waals surface area contributed by atoms with Crippen LogP contribution in [0.4, 0.5) is 0 Å². The van der Waals surface area contributed by atoms with Gasteiger partial charge in [-0.15, -0.1) is 0 Å². The molecule has 0 aromatic rings. The summed E-state index contributed by atoms with van der Waals surface area (Å²) in [5.74, 6) is -0.333. The van der Waals surface area contributed by atoms with E-state index in [1.54, 1.807) is 0 Å². The number of aliphatic carboxylic acids is 1. The van der Waals surface area contributed by atoms with Gasteiger partial charge < -0.3 is 5.11 Å². The normalized spacial score (nSPS) is 10.8. The Labute approximate surface area is 87.6 Å². The first kappa shape index (κ1) is 12.7. The standard InChI is InChI=1S/C9H16BrNO2/c1-7(2)4-11(5-8(3)10)6-9(12)13/h7H,3-6H2,1-2H3,(H,12,13). The molecule has 3 nitrogen and oxygen atoms in total. The Hall–Kier alpha value is -0.350. The van der Waals surface area contributed by atoms with Crippen molar-refractivity contribution in [2.45, 2.75) is 13.8 Å². The number of hydrogen-bond donors (Lipinski definition) is 1. The molecule has 13 heavy (non-hydrogen) atoms. The van der Waals surface area contributed by atoms with Crippen LogP contribution in [0.15, 0.2) is 11.1 Å². The fraction of sp³-hybridized carbons (Fsp3) is 0.667. The molecule has 0 aliphatic rings. The minimum Gasteiger partial charge on any atom is -0.480 e. The van der Waals surface area contributed by atoms with Crippen molar-refractivity contribution in [3.05, 3.63) is 11.1 Å². The van der Waals surface area contributed by atoms with Gasteiger partial charge in [0.2, 0.25) is 0 Å². The number of carboxylic acids is 1. The number of nitrogens with zero attached hydrogens (tertiary/aromatic N) is 1. The summed E-state index contributed by atoms with van der Waals surface area (Å²) in [7, 11) is 0. The summed E-state index contributed by atoms with van der Waals surface area (Å²) in [6.07, 6.45) is 0. The van der Waals surface area contributed by atoms with Crippen LogP contribution in [0.3, 0.4) is 0 Å². The molecule has 0 saturated carbocycles. The Morgan fingerprint density at radius 3 is 2.38 bits per heavy atom. The van der Waals surface area contributed by atoms with Crippen LogP contribution in [0, 0.1) is 5.92 Å². The van der Waals surface area contributed by atoms with Crippen LogP contribution < -0.4 is 0 Å². The predicted molar refractivity (Wildman–Crippen MR) is 57.0 cm³/mol. The fourth-order valence-corrected chi connectivity index (χ4v) is 1.49. The zero-order valence-electron chi connectivity index (χ0n) is 8.09. The van der Waals surface area contributed by atoms with E-state index in [1.165, 1.54) is 0 Å². The summed E-state index contributed by atoms with van der Waals surface area (Å²) in [6, 6.07) is 0. The molecule has 0 saturated heterocycles. The summed E-state index contributed by atoms with van der Waals surface area (Å²) in [4.78, 5) is 12.3. The molecule has 0 bridgehead atoms. The molecule has 4 heteroatoms. The van der Waals surface area contributed by atoms with E-state index in [1.807, 2.05) is 4.90 Å². The average molecular weight is 250 g/mol. The maximum absolute atomic E-state index is 10.5. The summed E-state index contributed by atoms with van der Waals surface area (Å²) in [5.41, 5.74) is 0. The van der Waals surface area contributed by atoms with Gasteiger partial charge in [0.25, 0.3) is 0 Å². The second kappa shape index (κ2) is 6.16. The van der Waals surface area contributed by atoms with Gasteiger partial charge in [-0.2, -0.15) is 0 Å². The maximum Gasteiger partial charge on any atom is 0.317 e. The van der Waals surface area contributed by atoms with Crippen LogP contribution >= 0.6 is 15.9 Å². The second-order valence-corrected chi connectivity index (χ2v) is 4.60. The SMILES string of the molecule is C=C(Br)CN(CC(=O)O)CC(C)C. The van der Waals surface area contributed by atoms with Crippen molar-refractivity contribution < 1.29 is 9.90 Å². The lowest BCUT2D eigenvalue weighted by Crippen LogP contribution is -2.33. The highest BCUT2D eigenvalue weighted by molar-refractivity contribution is 9.11. The summed E-state index contributed by atoms with van der Waals surface area (Å²) >= 11 is 3.23. The van der Waals surface area contributed by atoms with Gasteiger partial charge >= 0.3 is 5.97 Å². The molecule has 1 N–H and O–H groups in total. The third kappa shape index (κ3) is 7.99. The van der Waals surface area contributed by atoms with Crippen LogP contribution in [0.1, 0.15) is 13.8 Å². The largest absolute Gasteiger partial charge is 0.480 e. The van der Waals surface area contributed by atoms with Gasteiger partial charge in [-0.25, -0.2) is 0 Å². The van der Waals surface area contributed by atoms with Gasteiger partial charge in [-0.1, -0.05) is 36.4 Å². The number of rotatable bonds is 6. The third-order valence-electron chi connectivity index (χ3n) is 1.38. The highest BCUT2D eigenvalue weighted by atomic mass is 79.9. The molecular weight excluding hydrogens is 234 g/mol. The van der Waals surface area contributed by atoms with Gasteiger partial charge in [-0.05, 0) is 5.92 Å². The molecule has 76 valence electrons. The van der Waals surface area contributed by atoms with Crippen molar-refractivity contribution in [1.82, 2.24) is 4.90 Å². The molecular formula is C9H16BrNO2. The lowest BCUT2D eigenvalue weighted by Gasteiger charge is -2.21. The zero-order valence-corrected chi connectivity index (χ0v) is 9.67. The zero-order chi connectivity index (χ0) is 10.4. The highest BCUT2D eigenvalue weighted by Gasteiger charge is 2.11. The topological polar surface area (TPSA) is 40.5 Å². The van der Waals surface area contributed by atoms with Crippen LogP contribution in [0.2, 0.25) is 0 Å². The van der Waals surface area contributed by atoms with E-state index in [0.29, 0.717) is 12.5 Å². The molecule has 0 aliphatic carbocycles. The van der Waals surface area contributed by atoms with Crippen LogP contribution in [-0.4, -0.2) is 35.6 Å². The molecule has 0 heterocycles. The number of carboxylic acid groups (broad SMARTS) is 1. The molecule has 0 fully saturated rings. The van der Waals surface area contributed by atoms with Gasteiger partial charge in [0.05, 0.1) is 6.54 Å². The molecule has 0 aromatic heterocycles. The maximum atomic E-state index is 10.5. The Kier molecular flexibility index (Phi) is 5.99. The average Bonchev–Trinajstić information content (AvgIpc) is 1.80. The lowest BCUT2D eigenvalue weighted by atomic mass is 10.2. The van der Waals surface area contributed by atoms with Crippen molar-refractivity contribution in [3.63, 3.8) is 0 Å². The van der Waals surface area contributed by atoms with E-state index in [4.69, 9.17) is 5.11 Å². The Morgan fingerprint density at radius 1 is 1.54 bits per heavy atom. The van der Waals surface area contributed by atoms with Crippen LogP contribution in [0.25, 0.3) is 0 Å². The minimum absolute atomic E-state index is 0.0722. The molecule has 0 rings (SSSR count). The van der Waals surface area contributed by atoms with Gasteiger partial charge in [0.1, 0.15) is 0 Å². The predicted octanol–water partition coefficient (Wildman–Crippen LogP) is 1.94. The smallest absolute Gasteiger partial charge is 0.317 e. The Morgan fingerprint density at radius 2 is 2.08 bits per heavy atom. The molecule has 0 spiro atoms. The number of halogens is 1. The van der Waals surface area contributed by atoms with E-state index in [0.717, 1.165) is 11.0 Å². The van der Waals surface area contributed by atoms with Crippen molar-refractivity contribution >= 4 is 21.9 Å². The van der Waals surface area contributed by atoms with E-state index in [9.17, 15) is 4.79 Å². The highest BCUT2D eigenvalue weighted by Crippen LogP contribution is 2.06. The molecule has 0 atom stereocenters. The van der Waals surface area contributed by atoms with Gasteiger partial charge in [0, 0.05) is 17.6 Å². The molecule has 0 unspecified atom stereocenters. The number of carbonyl (C=O) groups is 1. The fourth-order valence-electron chi connectivity index (χ4n) is 1.14. The first-order valence-electron chi connectivity index (χ1n) is 4.19. The van der Waals surface area contributed by atoms with E-state index < -0.39 is 5.97 Å². The van der Waals surface area contributed by atoms with E-state index >= 15 is 0 Å². The second-order valence-electron chi connectivity index (χ2n) is 3.47. The summed E-state index contributed by atoms with van der Waals surface area (Å²) < 4.78 is 0.814. The van der Waals surface area contributed by atoms with Gasteiger partial charge in [0.15, 0.2) is 0 Å².